The summed E-state index contributed by atoms with van der Waals surface area (Å²) >= 11 is 0. The first-order chi connectivity index (χ1) is 13.1. The number of fused-ring (bicyclic) bond motifs is 1. The topological polar surface area (TPSA) is 72.9 Å². The molecule has 0 bridgehead atoms. The summed E-state index contributed by atoms with van der Waals surface area (Å²) in [7, 11) is 0. The molecule has 1 unspecified atom stereocenters. The molecular formula is C22H29ClN4O. The number of carbonyl (C=O) groups excluding carboxylic acids is 1. The lowest BCUT2D eigenvalue weighted by Crippen LogP contribution is -2.41. The molecule has 1 aromatic heterocycles. The molecule has 0 radical (unpaired) electrons. The van der Waals surface area contributed by atoms with E-state index in [0.717, 1.165) is 29.0 Å². The fourth-order valence-electron chi connectivity index (χ4n) is 3.42. The van der Waals surface area contributed by atoms with Gasteiger partial charge in [0, 0.05) is 31.1 Å². The van der Waals surface area contributed by atoms with Crippen LogP contribution < -0.4 is 11.1 Å². The molecule has 0 spiro atoms. The van der Waals surface area contributed by atoms with E-state index in [1.165, 1.54) is 0 Å². The van der Waals surface area contributed by atoms with Crippen molar-refractivity contribution in [1.29, 1.82) is 0 Å². The average molecular weight is 401 g/mol. The number of nitrogens with one attached hydrogen (secondary N) is 1. The third kappa shape index (κ3) is 5.33. The van der Waals surface area contributed by atoms with Gasteiger partial charge in [0.2, 0.25) is 5.91 Å². The number of aryl methyl sites for hydroxylation is 1. The summed E-state index contributed by atoms with van der Waals surface area (Å²) in [6, 6.07) is 18.2. The van der Waals surface area contributed by atoms with Gasteiger partial charge >= 0.3 is 0 Å². The fourth-order valence-corrected chi connectivity index (χ4v) is 3.42. The van der Waals surface area contributed by atoms with Crippen molar-refractivity contribution in [2.75, 3.05) is 6.54 Å². The lowest BCUT2D eigenvalue weighted by molar-refractivity contribution is -0.121. The van der Waals surface area contributed by atoms with Crippen LogP contribution >= 0.6 is 12.4 Å². The van der Waals surface area contributed by atoms with E-state index < -0.39 is 0 Å². The van der Waals surface area contributed by atoms with Crippen molar-refractivity contribution < 1.29 is 4.79 Å². The zero-order chi connectivity index (χ0) is 19.2. The van der Waals surface area contributed by atoms with E-state index in [0.29, 0.717) is 25.3 Å². The molecular weight excluding hydrogens is 372 g/mol. The third-order valence-electron chi connectivity index (χ3n) is 4.63. The zero-order valence-corrected chi connectivity index (χ0v) is 17.3. The smallest absolute Gasteiger partial charge is 0.220 e. The van der Waals surface area contributed by atoms with Gasteiger partial charge in [-0.15, -0.1) is 12.4 Å². The average Bonchev–Trinajstić information content (AvgIpc) is 3.04. The maximum absolute atomic E-state index is 12.4. The Hall–Kier alpha value is -2.37. The van der Waals surface area contributed by atoms with Crippen LogP contribution in [0, 0.1) is 5.92 Å². The van der Waals surface area contributed by atoms with Gasteiger partial charge in [-0.1, -0.05) is 44.2 Å². The maximum atomic E-state index is 12.4. The standard InChI is InChI=1S/C22H28N4O.ClH/c1-16(2)14-17(15-23)24-22(27)13-12-21-25-19-10-6-7-11-20(19)26(21)18-8-4-3-5-9-18;/h3-11,16-17H,12-15,23H2,1-2H3,(H,24,27);1H. The molecule has 0 saturated carbocycles. The summed E-state index contributed by atoms with van der Waals surface area (Å²) in [5.41, 5.74) is 8.85. The molecule has 0 saturated heterocycles. The van der Waals surface area contributed by atoms with Crippen molar-refractivity contribution in [3.8, 4) is 5.69 Å². The molecule has 0 aliphatic rings. The molecule has 1 heterocycles. The van der Waals surface area contributed by atoms with E-state index in [-0.39, 0.29) is 24.4 Å². The monoisotopic (exact) mass is 400 g/mol. The van der Waals surface area contributed by atoms with Gasteiger partial charge in [-0.25, -0.2) is 4.98 Å². The van der Waals surface area contributed by atoms with Gasteiger partial charge in [0.15, 0.2) is 0 Å². The van der Waals surface area contributed by atoms with E-state index in [4.69, 9.17) is 10.7 Å². The number of imidazole rings is 1. The van der Waals surface area contributed by atoms with Crippen molar-refractivity contribution in [1.82, 2.24) is 14.9 Å². The normalized spacial score (nSPS) is 12.0. The Bertz CT molecular complexity index is 892. The third-order valence-corrected chi connectivity index (χ3v) is 4.63. The van der Waals surface area contributed by atoms with Crippen LogP contribution in [0.2, 0.25) is 0 Å². The number of carbonyl (C=O) groups is 1. The minimum Gasteiger partial charge on any atom is -0.352 e. The second-order valence-corrected chi connectivity index (χ2v) is 7.32. The van der Waals surface area contributed by atoms with Gasteiger partial charge in [0.05, 0.1) is 11.0 Å². The summed E-state index contributed by atoms with van der Waals surface area (Å²) < 4.78 is 2.14. The molecule has 0 fully saturated rings. The minimum atomic E-state index is 0. The number of amides is 1. The molecule has 3 rings (SSSR count). The predicted molar refractivity (Wildman–Crippen MR) is 117 cm³/mol. The molecule has 2 aromatic carbocycles. The molecule has 6 heteroatoms. The van der Waals surface area contributed by atoms with E-state index in [9.17, 15) is 4.79 Å². The number of nitrogens with zero attached hydrogens (tertiary/aromatic N) is 2. The van der Waals surface area contributed by atoms with Gasteiger partial charge in [-0.2, -0.15) is 0 Å². The molecule has 0 aliphatic carbocycles. The Kier molecular flexibility index (Phi) is 8.03. The van der Waals surface area contributed by atoms with Crippen LogP contribution in [0.3, 0.4) is 0 Å². The number of halogens is 1. The maximum Gasteiger partial charge on any atom is 0.220 e. The van der Waals surface area contributed by atoms with E-state index in [1.807, 2.05) is 36.4 Å². The highest BCUT2D eigenvalue weighted by Gasteiger charge is 2.16. The molecule has 3 N–H and O–H groups in total. The van der Waals surface area contributed by atoms with Crippen LogP contribution in [0.5, 0.6) is 0 Å². The van der Waals surface area contributed by atoms with Crippen molar-refractivity contribution >= 4 is 29.3 Å². The van der Waals surface area contributed by atoms with Crippen molar-refractivity contribution in [3.63, 3.8) is 0 Å². The van der Waals surface area contributed by atoms with Crippen LogP contribution in [0.25, 0.3) is 16.7 Å². The van der Waals surface area contributed by atoms with Crippen LogP contribution in [-0.2, 0) is 11.2 Å². The molecule has 3 aromatic rings. The molecule has 28 heavy (non-hydrogen) atoms. The minimum absolute atomic E-state index is 0. The first-order valence-electron chi connectivity index (χ1n) is 9.59. The Morgan fingerprint density at radius 3 is 2.46 bits per heavy atom. The van der Waals surface area contributed by atoms with Gasteiger partial charge in [-0.05, 0) is 36.6 Å². The number of aromatic nitrogens is 2. The Morgan fingerprint density at radius 1 is 1.11 bits per heavy atom. The number of hydrogen-bond donors (Lipinski definition) is 2. The van der Waals surface area contributed by atoms with Crippen molar-refractivity contribution in [2.24, 2.45) is 11.7 Å². The first kappa shape index (κ1) is 21.9. The quantitative estimate of drug-likeness (QED) is 0.602. The molecule has 5 nitrogen and oxygen atoms in total. The zero-order valence-electron chi connectivity index (χ0n) is 16.5. The first-order valence-corrected chi connectivity index (χ1v) is 9.59. The Balaban J connectivity index is 0.00000280. The molecule has 1 amide bonds. The van der Waals surface area contributed by atoms with E-state index in [2.05, 4.69) is 41.9 Å². The lowest BCUT2D eigenvalue weighted by Gasteiger charge is -2.18. The highest BCUT2D eigenvalue weighted by molar-refractivity contribution is 5.85. The second-order valence-electron chi connectivity index (χ2n) is 7.32. The van der Waals surface area contributed by atoms with E-state index >= 15 is 0 Å². The molecule has 0 aliphatic heterocycles. The van der Waals surface area contributed by atoms with Gasteiger partial charge in [-0.3, -0.25) is 9.36 Å². The van der Waals surface area contributed by atoms with Crippen LogP contribution in [0.4, 0.5) is 0 Å². The number of benzene rings is 2. The van der Waals surface area contributed by atoms with Gasteiger partial charge in [0.1, 0.15) is 5.82 Å². The Labute approximate surface area is 172 Å². The molecule has 1 atom stereocenters. The number of para-hydroxylation sites is 3. The highest BCUT2D eigenvalue weighted by atomic mass is 35.5. The number of hydrogen-bond acceptors (Lipinski definition) is 3. The summed E-state index contributed by atoms with van der Waals surface area (Å²) in [5, 5.41) is 3.06. The van der Waals surface area contributed by atoms with Crippen LogP contribution in [0.1, 0.15) is 32.5 Å². The summed E-state index contributed by atoms with van der Waals surface area (Å²) in [6.07, 6.45) is 1.86. The van der Waals surface area contributed by atoms with E-state index in [1.54, 1.807) is 0 Å². The van der Waals surface area contributed by atoms with Gasteiger partial charge < -0.3 is 11.1 Å². The second kappa shape index (κ2) is 10.2. The van der Waals surface area contributed by atoms with Crippen molar-refractivity contribution in [3.05, 3.63) is 60.4 Å². The SMILES string of the molecule is CC(C)CC(CN)NC(=O)CCc1nc2ccccc2n1-c1ccccc1.Cl. The lowest BCUT2D eigenvalue weighted by atomic mass is 10.0. The predicted octanol–water partition coefficient (Wildman–Crippen LogP) is 3.87. The largest absolute Gasteiger partial charge is 0.352 e. The number of rotatable bonds is 8. The summed E-state index contributed by atoms with van der Waals surface area (Å²) in [4.78, 5) is 17.2. The van der Waals surface area contributed by atoms with Crippen molar-refractivity contribution in [2.45, 2.75) is 39.2 Å². The van der Waals surface area contributed by atoms with Gasteiger partial charge in [0.25, 0.3) is 0 Å². The highest BCUT2D eigenvalue weighted by Crippen LogP contribution is 2.22. The summed E-state index contributed by atoms with van der Waals surface area (Å²) in [5.74, 6) is 1.42. The Morgan fingerprint density at radius 2 is 1.79 bits per heavy atom. The van der Waals surface area contributed by atoms with Crippen LogP contribution in [0.15, 0.2) is 54.6 Å². The molecule has 150 valence electrons. The summed E-state index contributed by atoms with van der Waals surface area (Å²) in [6.45, 7) is 4.74. The fraction of sp³-hybridized carbons (Fsp3) is 0.364. The number of nitrogens with two attached hydrogens (primary N) is 1. The van der Waals surface area contributed by atoms with Crippen LogP contribution in [-0.4, -0.2) is 28.0 Å².